The summed E-state index contributed by atoms with van der Waals surface area (Å²) in [4.78, 5) is 13.6. The van der Waals surface area contributed by atoms with Gasteiger partial charge in [0.1, 0.15) is 0 Å². The Balaban J connectivity index is 1.47. The van der Waals surface area contributed by atoms with Gasteiger partial charge in [-0.05, 0) is 53.9 Å². The number of hydrogen-bond donors (Lipinski definition) is 1. The Hall–Kier alpha value is -3.26. The third-order valence-corrected chi connectivity index (χ3v) is 6.01. The van der Waals surface area contributed by atoms with Gasteiger partial charge in [-0.15, -0.1) is 21.5 Å². The van der Waals surface area contributed by atoms with Crippen molar-refractivity contribution in [2.24, 2.45) is 0 Å². The number of nitrogens with zero attached hydrogens (tertiary/aromatic N) is 4. The van der Waals surface area contributed by atoms with Crippen LogP contribution in [0.1, 0.15) is 10.4 Å². The van der Waals surface area contributed by atoms with Gasteiger partial charge in [-0.3, -0.25) is 4.79 Å². The second kappa shape index (κ2) is 8.11. The molecule has 1 N–H and O–H groups in total. The molecule has 3 aromatic heterocycles. The highest BCUT2D eigenvalue weighted by atomic mass is 35.5. The van der Waals surface area contributed by atoms with E-state index in [-0.39, 0.29) is 5.91 Å². The van der Waals surface area contributed by atoms with Crippen LogP contribution >= 0.6 is 34.5 Å². The van der Waals surface area contributed by atoms with Crippen molar-refractivity contribution in [3.63, 3.8) is 0 Å². The van der Waals surface area contributed by atoms with Gasteiger partial charge in [0.2, 0.25) is 0 Å². The van der Waals surface area contributed by atoms with Crippen molar-refractivity contribution >= 4 is 51.8 Å². The van der Waals surface area contributed by atoms with E-state index >= 15 is 0 Å². The second-order valence-corrected chi connectivity index (χ2v) is 8.44. The Morgan fingerprint density at radius 1 is 0.968 bits per heavy atom. The molecule has 152 valence electrons. The zero-order chi connectivity index (χ0) is 21.4. The number of amides is 1. The molecule has 0 atom stereocenters. The van der Waals surface area contributed by atoms with Gasteiger partial charge in [0.25, 0.3) is 5.91 Å². The maximum absolute atomic E-state index is 12.6. The number of benzene rings is 2. The maximum atomic E-state index is 12.6. The molecule has 31 heavy (non-hydrogen) atoms. The summed E-state index contributed by atoms with van der Waals surface area (Å²) in [6.07, 6.45) is 0. The Morgan fingerprint density at radius 3 is 2.68 bits per heavy atom. The molecule has 0 unspecified atom stereocenters. The predicted molar refractivity (Wildman–Crippen MR) is 124 cm³/mol. The van der Waals surface area contributed by atoms with Crippen LogP contribution in [0.3, 0.4) is 0 Å². The van der Waals surface area contributed by atoms with Gasteiger partial charge in [-0.2, -0.15) is 9.61 Å². The Morgan fingerprint density at radius 2 is 1.87 bits per heavy atom. The monoisotopic (exact) mass is 465 g/mol. The van der Waals surface area contributed by atoms with E-state index in [4.69, 9.17) is 28.3 Å². The Kier molecular flexibility index (Phi) is 5.15. The summed E-state index contributed by atoms with van der Waals surface area (Å²) < 4.78 is 1.72. The largest absolute Gasteiger partial charge is 0.322 e. The molecule has 0 aliphatic heterocycles. The lowest BCUT2D eigenvalue weighted by molar-refractivity contribution is 0.102. The molecule has 0 fully saturated rings. The van der Waals surface area contributed by atoms with Crippen LogP contribution in [0.4, 0.5) is 5.69 Å². The van der Waals surface area contributed by atoms with Gasteiger partial charge < -0.3 is 5.32 Å². The first-order valence-electron chi connectivity index (χ1n) is 9.22. The summed E-state index contributed by atoms with van der Waals surface area (Å²) in [7, 11) is 0. The number of anilines is 1. The van der Waals surface area contributed by atoms with Crippen LogP contribution < -0.4 is 5.32 Å². The van der Waals surface area contributed by atoms with Crippen molar-refractivity contribution in [1.82, 2.24) is 19.8 Å². The van der Waals surface area contributed by atoms with Crippen LogP contribution in [-0.2, 0) is 0 Å². The number of fused-ring (bicyclic) bond motifs is 1. The van der Waals surface area contributed by atoms with E-state index in [1.807, 2.05) is 47.8 Å². The smallest absolute Gasteiger partial charge is 0.257 e. The van der Waals surface area contributed by atoms with Gasteiger partial charge in [0.15, 0.2) is 11.5 Å². The van der Waals surface area contributed by atoms with E-state index in [9.17, 15) is 4.79 Å². The Bertz CT molecular complexity index is 1410. The molecule has 0 aliphatic rings. The minimum absolute atomic E-state index is 0.294. The van der Waals surface area contributed by atoms with Crippen LogP contribution in [0.5, 0.6) is 0 Å². The molecule has 0 saturated heterocycles. The van der Waals surface area contributed by atoms with Gasteiger partial charge in [0.05, 0.1) is 21.2 Å². The highest BCUT2D eigenvalue weighted by molar-refractivity contribution is 7.13. The van der Waals surface area contributed by atoms with Crippen molar-refractivity contribution < 1.29 is 4.79 Å². The molecule has 5 rings (SSSR count). The van der Waals surface area contributed by atoms with E-state index in [1.54, 1.807) is 34.1 Å². The van der Waals surface area contributed by atoms with Crippen molar-refractivity contribution in [2.75, 3.05) is 5.32 Å². The standard InChI is InChI=1S/C22H13Cl2N5OS/c23-14-6-7-16(17(24)12-14)22(30)25-15-4-1-3-13(11-15)18-8-9-20-26-27-21(29(20)28-18)19-5-2-10-31-19/h1-12H,(H,25,30). The van der Waals surface area contributed by atoms with Crippen LogP contribution in [0.2, 0.25) is 10.0 Å². The lowest BCUT2D eigenvalue weighted by Gasteiger charge is -2.09. The molecule has 0 spiro atoms. The number of nitrogens with one attached hydrogen (secondary N) is 1. The minimum Gasteiger partial charge on any atom is -0.322 e. The number of halogens is 2. The fraction of sp³-hybridized carbons (Fsp3) is 0. The first-order chi connectivity index (χ1) is 15.1. The zero-order valence-corrected chi connectivity index (χ0v) is 18.1. The molecule has 6 nitrogen and oxygen atoms in total. The molecular weight excluding hydrogens is 453 g/mol. The van der Waals surface area contributed by atoms with Crippen molar-refractivity contribution in [1.29, 1.82) is 0 Å². The predicted octanol–water partition coefficient (Wildman–Crippen LogP) is 6.08. The van der Waals surface area contributed by atoms with Crippen LogP contribution in [-0.4, -0.2) is 25.7 Å². The summed E-state index contributed by atoms with van der Waals surface area (Å²) >= 11 is 13.6. The topological polar surface area (TPSA) is 72.2 Å². The molecule has 1 amide bonds. The number of aromatic nitrogens is 4. The fourth-order valence-electron chi connectivity index (χ4n) is 3.13. The van der Waals surface area contributed by atoms with Crippen LogP contribution in [0.25, 0.3) is 27.6 Å². The van der Waals surface area contributed by atoms with Gasteiger partial charge in [-0.1, -0.05) is 41.4 Å². The molecule has 0 bridgehead atoms. The summed E-state index contributed by atoms with van der Waals surface area (Å²) in [6.45, 7) is 0. The summed E-state index contributed by atoms with van der Waals surface area (Å²) in [5.74, 6) is 0.370. The fourth-order valence-corrected chi connectivity index (χ4v) is 4.32. The van der Waals surface area contributed by atoms with Gasteiger partial charge in [-0.25, -0.2) is 0 Å². The Labute approximate surface area is 191 Å². The number of carbonyl (C=O) groups excluding carboxylic acids is 1. The van der Waals surface area contributed by atoms with Gasteiger partial charge >= 0.3 is 0 Å². The van der Waals surface area contributed by atoms with E-state index in [2.05, 4.69) is 15.5 Å². The molecule has 3 heterocycles. The van der Waals surface area contributed by atoms with E-state index in [0.717, 1.165) is 16.1 Å². The summed E-state index contributed by atoms with van der Waals surface area (Å²) in [5.41, 5.74) is 3.20. The van der Waals surface area contributed by atoms with Crippen molar-refractivity contribution in [2.45, 2.75) is 0 Å². The molecule has 5 aromatic rings. The van der Waals surface area contributed by atoms with Crippen LogP contribution in [0.15, 0.2) is 72.1 Å². The zero-order valence-electron chi connectivity index (χ0n) is 15.8. The second-order valence-electron chi connectivity index (χ2n) is 6.65. The number of rotatable bonds is 4. The molecule has 0 aliphatic carbocycles. The molecule has 2 aromatic carbocycles. The first-order valence-corrected chi connectivity index (χ1v) is 10.9. The average Bonchev–Trinajstić information content (AvgIpc) is 3.43. The van der Waals surface area contributed by atoms with E-state index in [0.29, 0.717) is 32.8 Å². The lowest BCUT2D eigenvalue weighted by Crippen LogP contribution is -2.12. The van der Waals surface area contributed by atoms with E-state index < -0.39 is 0 Å². The van der Waals surface area contributed by atoms with Crippen molar-refractivity contribution in [3.05, 3.63) is 87.7 Å². The minimum atomic E-state index is -0.319. The molecule has 0 radical (unpaired) electrons. The van der Waals surface area contributed by atoms with Crippen LogP contribution in [0, 0.1) is 0 Å². The third kappa shape index (κ3) is 3.90. The number of thiophene rings is 1. The van der Waals surface area contributed by atoms with Gasteiger partial charge in [0, 0.05) is 16.3 Å². The number of hydrogen-bond acceptors (Lipinski definition) is 5. The average molecular weight is 466 g/mol. The lowest BCUT2D eigenvalue weighted by atomic mass is 10.1. The molecule has 0 saturated carbocycles. The molecule has 9 heteroatoms. The maximum Gasteiger partial charge on any atom is 0.257 e. The molecular formula is C22H13Cl2N5OS. The highest BCUT2D eigenvalue weighted by Gasteiger charge is 2.14. The number of carbonyl (C=O) groups is 1. The SMILES string of the molecule is O=C(Nc1cccc(-c2ccc3nnc(-c4cccs4)n3n2)c1)c1ccc(Cl)cc1Cl. The third-order valence-electron chi connectivity index (χ3n) is 4.60. The normalized spacial score (nSPS) is 11.0. The first kappa shape index (κ1) is 19.7. The quantitative estimate of drug-likeness (QED) is 0.349. The van der Waals surface area contributed by atoms with Crippen molar-refractivity contribution in [3.8, 4) is 22.0 Å². The highest BCUT2D eigenvalue weighted by Crippen LogP contribution is 2.26. The summed E-state index contributed by atoms with van der Waals surface area (Å²) in [5, 5.41) is 18.8. The van der Waals surface area contributed by atoms with E-state index in [1.165, 1.54) is 6.07 Å². The summed E-state index contributed by atoms with van der Waals surface area (Å²) in [6, 6.07) is 19.9.